The van der Waals surface area contributed by atoms with Crippen molar-refractivity contribution in [3.8, 4) is 0 Å². The Balaban J connectivity index is 1.70. The summed E-state index contributed by atoms with van der Waals surface area (Å²) >= 11 is 1.40. The maximum Gasteiger partial charge on any atom is 0.372 e. The highest BCUT2D eigenvalue weighted by molar-refractivity contribution is 7.15. The van der Waals surface area contributed by atoms with Crippen molar-refractivity contribution < 1.29 is 4.92 Å². The minimum absolute atomic E-state index is 0.0285. The Kier molecular flexibility index (Phi) is 3.34. The normalized spacial score (nSPS) is 19.1. The fourth-order valence-electron chi connectivity index (χ4n) is 2.42. The van der Waals surface area contributed by atoms with E-state index in [-0.39, 0.29) is 10.7 Å². The first kappa shape index (κ1) is 12.4. The number of aromatic nitrogens is 2. The summed E-state index contributed by atoms with van der Waals surface area (Å²) in [5, 5.41) is 19.3. The quantitative estimate of drug-likeness (QED) is 0.644. The van der Waals surface area contributed by atoms with Gasteiger partial charge in [-0.3, -0.25) is 0 Å². The molecule has 1 saturated heterocycles. The lowest BCUT2D eigenvalue weighted by Gasteiger charge is -2.08. The van der Waals surface area contributed by atoms with Crippen molar-refractivity contribution in [2.24, 2.45) is 5.92 Å². The van der Waals surface area contributed by atoms with E-state index in [0.717, 1.165) is 26.1 Å². The predicted molar refractivity (Wildman–Crippen MR) is 73.8 cm³/mol. The molecule has 7 nitrogen and oxygen atoms in total. The topological polar surface area (TPSA) is 84.5 Å². The van der Waals surface area contributed by atoms with Crippen molar-refractivity contribution in [3.05, 3.63) is 21.7 Å². The molecule has 1 unspecified atom stereocenters. The first-order valence-electron chi connectivity index (χ1n) is 6.30. The van der Waals surface area contributed by atoms with Gasteiger partial charge in [0.25, 0.3) is 4.96 Å². The van der Waals surface area contributed by atoms with E-state index in [0.29, 0.717) is 16.7 Å². The van der Waals surface area contributed by atoms with Crippen molar-refractivity contribution in [1.82, 2.24) is 14.7 Å². The number of nitro groups is 1. The minimum Gasteiger partial charge on any atom is -0.363 e. The van der Waals surface area contributed by atoms with Crippen LogP contribution < -0.4 is 10.6 Å². The lowest BCUT2D eigenvalue weighted by atomic mass is 10.1. The van der Waals surface area contributed by atoms with Crippen molar-refractivity contribution in [1.29, 1.82) is 0 Å². The van der Waals surface area contributed by atoms with Gasteiger partial charge in [-0.15, -0.1) is 0 Å². The minimum atomic E-state index is -0.383. The Morgan fingerprint density at radius 2 is 2.58 bits per heavy atom. The van der Waals surface area contributed by atoms with Crippen LogP contribution in [0.15, 0.2) is 11.6 Å². The number of nitrogens with zero attached hydrogens (tertiary/aromatic N) is 3. The van der Waals surface area contributed by atoms with Crippen LogP contribution in [-0.4, -0.2) is 33.9 Å². The number of rotatable bonds is 5. The van der Waals surface area contributed by atoms with E-state index in [1.165, 1.54) is 22.2 Å². The molecule has 102 valence electrons. The molecule has 1 atom stereocenters. The molecule has 19 heavy (non-hydrogen) atoms. The smallest absolute Gasteiger partial charge is 0.363 e. The Bertz CT molecular complexity index is 587. The molecular weight excluding hydrogens is 266 g/mol. The Morgan fingerprint density at radius 1 is 1.68 bits per heavy atom. The maximum atomic E-state index is 11.1. The monoisotopic (exact) mass is 281 g/mol. The first-order valence-corrected chi connectivity index (χ1v) is 7.18. The number of hydrogen-bond acceptors (Lipinski definition) is 6. The zero-order valence-corrected chi connectivity index (χ0v) is 11.2. The number of fused-ring (bicyclic) bond motifs is 1. The Morgan fingerprint density at radius 3 is 3.32 bits per heavy atom. The van der Waals surface area contributed by atoms with Crippen LogP contribution in [0.1, 0.15) is 12.8 Å². The van der Waals surface area contributed by atoms with E-state index in [4.69, 9.17) is 0 Å². The van der Waals surface area contributed by atoms with Gasteiger partial charge in [0.2, 0.25) is 5.82 Å². The molecule has 0 aromatic carbocycles. The molecule has 0 aliphatic carbocycles. The molecule has 0 spiro atoms. The van der Waals surface area contributed by atoms with E-state index < -0.39 is 0 Å². The van der Waals surface area contributed by atoms with Gasteiger partial charge in [0.15, 0.2) is 0 Å². The molecule has 3 heterocycles. The summed E-state index contributed by atoms with van der Waals surface area (Å²) in [4.78, 5) is 15.7. The van der Waals surface area contributed by atoms with Crippen LogP contribution in [0.2, 0.25) is 0 Å². The van der Waals surface area contributed by atoms with Gasteiger partial charge in [0, 0.05) is 11.9 Å². The van der Waals surface area contributed by atoms with Crippen LogP contribution >= 0.6 is 11.3 Å². The predicted octanol–water partition coefficient (Wildman–Crippen LogP) is 1.72. The van der Waals surface area contributed by atoms with Crippen molar-refractivity contribution >= 4 is 27.9 Å². The molecule has 2 aromatic rings. The van der Waals surface area contributed by atoms with Crippen LogP contribution in [-0.2, 0) is 0 Å². The molecule has 0 radical (unpaired) electrons. The standard InChI is InChI=1S/C11H15N5O2S/c17-16(18)10-9(14-11-15(10)5-6-19-11)13-4-2-8-1-3-12-7-8/h5-6,8,12-13H,1-4,7H2. The van der Waals surface area contributed by atoms with E-state index >= 15 is 0 Å². The second-order valence-corrected chi connectivity index (χ2v) is 5.54. The lowest BCUT2D eigenvalue weighted by Crippen LogP contribution is -2.13. The van der Waals surface area contributed by atoms with Gasteiger partial charge in [0.1, 0.15) is 6.20 Å². The van der Waals surface area contributed by atoms with Gasteiger partial charge in [0.05, 0.1) is 0 Å². The Hall–Kier alpha value is -1.67. The molecule has 1 fully saturated rings. The second-order valence-electron chi connectivity index (χ2n) is 4.67. The molecule has 3 rings (SSSR count). The first-order chi connectivity index (χ1) is 9.25. The van der Waals surface area contributed by atoms with Crippen molar-refractivity contribution in [2.75, 3.05) is 25.0 Å². The summed E-state index contributed by atoms with van der Waals surface area (Å²) < 4.78 is 1.52. The fraction of sp³-hybridized carbons (Fsp3) is 0.545. The van der Waals surface area contributed by atoms with Gasteiger partial charge >= 0.3 is 5.82 Å². The summed E-state index contributed by atoms with van der Waals surface area (Å²) in [6.45, 7) is 2.84. The summed E-state index contributed by atoms with van der Waals surface area (Å²) in [6.07, 6.45) is 3.87. The molecular formula is C11H15N5O2S. The van der Waals surface area contributed by atoms with Gasteiger partial charge in [-0.25, -0.2) is 0 Å². The molecule has 1 aliphatic heterocycles. The molecule has 2 N–H and O–H groups in total. The largest absolute Gasteiger partial charge is 0.372 e. The molecule has 8 heteroatoms. The molecule has 0 amide bonds. The molecule has 2 aromatic heterocycles. The highest BCUT2D eigenvalue weighted by Crippen LogP contribution is 2.28. The highest BCUT2D eigenvalue weighted by Gasteiger charge is 2.23. The summed E-state index contributed by atoms with van der Waals surface area (Å²) in [5.74, 6) is 1.07. The van der Waals surface area contributed by atoms with Gasteiger partial charge in [-0.2, -0.15) is 9.38 Å². The van der Waals surface area contributed by atoms with Crippen molar-refractivity contribution in [3.63, 3.8) is 0 Å². The fourth-order valence-corrected chi connectivity index (χ4v) is 3.13. The van der Waals surface area contributed by atoms with E-state index in [1.54, 1.807) is 11.6 Å². The third kappa shape index (κ3) is 2.41. The van der Waals surface area contributed by atoms with E-state index in [2.05, 4.69) is 15.6 Å². The SMILES string of the molecule is O=[N+]([O-])c1c(NCCC2CCNC2)nc2sccn12. The second kappa shape index (κ2) is 5.14. The number of thiazole rings is 1. The maximum absolute atomic E-state index is 11.1. The third-order valence-electron chi connectivity index (χ3n) is 3.42. The third-order valence-corrected chi connectivity index (χ3v) is 4.17. The van der Waals surface area contributed by atoms with Crippen LogP contribution in [0.3, 0.4) is 0 Å². The molecule has 1 aliphatic rings. The van der Waals surface area contributed by atoms with E-state index in [9.17, 15) is 10.1 Å². The summed E-state index contributed by atoms with van der Waals surface area (Å²) in [6, 6.07) is 0. The zero-order chi connectivity index (χ0) is 13.2. The Labute approximate surface area is 113 Å². The number of nitrogens with one attached hydrogen (secondary N) is 2. The van der Waals surface area contributed by atoms with E-state index in [1.807, 2.05) is 0 Å². The summed E-state index contributed by atoms with van der Waals surface area (Å²) in [7, 11) is 0. The van der Waals surface area contributed by atoms with Crippen LogP contribution in [0.25, 0.3) is 4.96 Å². The zero-order valence-electron chi connectivity index (χ0n) is 10.3. The number of imidazole rings is 1. The summed E-state index contributed by atoms with van der Waals surface area (Å²) in [5.41, 5.74) is 0. The lowest BCUT2D eigenvalue weighted by molar-refractivity contribution is -0.389. The molecule has 0 bridgehead atoms. The number of anilines is 1. The highest BCUT2D eigenvalue weighted by atomic mass is 32.1. The van der Waals surface area contributed by atoms with Gasteiger partial charge in [-0.1, -0.05) is 11.3 Å². The number of hydrogen-bond donors (Lipinski definition) is 2. The van der Waals surface area contributed by atoms with Gasteiger partial charge < -0.3 is 20.7 Å². The average molecular weight is 281 g/mol. The molecule has 0 saturated carbocycles. The van der Waals surface area contributed by atoms with Crippen LogP contribution in [0, 0.1) is 16.0 Å². The van der Waals surface area contributed by atoms with Crippen LogP contribution in [0.4, 0.5) is 11.6 Å². The average Bonchev–Trinajstić information content (AvgIpc) is 3.02. The van der Waals surface area contributed by atoms with Crippen LogP contribution in [0.5, 0.6) is 0 Å². The van der Waals surface area contributed by atoms with Gasteiger partial charge in [-0.05, 0) is 36.8 Å². The van der Waals surface area contributed by atoms with Crippen molar-refractivity contribution in [2.45, 2.75) is 12.8 Å².